The first-order chi connectivity index (χ1) is 11.7. The van der Waals surface area contributed by atoms with E-state index in [4.69, 9.17) is 4.74 Å². The van der Waals surface area contributed by atoms with Crippen LogP contribution in [-0.4, -0.2) is 25.2 Å². The Balaban J connectivity index is 1.73. The van der Waals surface area contributed by atoms with Crippen LogP contribution in [-0.2, 0) is 17.6 Å². The van der Waals surface area contributed by atoms with Crippen LogP contribution in [0.15, 0.2) is 18.2 Å². The predicted molar refractivity (Wildman–Crippen MR) is 95.2 cm³/mol. The molecule has 0 aromatic heterocycles. The summed E-state index contributed by atoms with van der Waals surface area (Å²) >= 11 is 0. The lowest BCUT2D eigenvalue weighted by atomic mass is 9.92. The van der Waals surface area contributed by atoms with Crippen LogP contribution in [0, 0.1) is 0 Å². The third-order valence-electron chi connectivity index (χ3n) is 4.67. The zero-order valence-electron chi connectivity index (χ0n) is 14.8. The minimum absolute atomic E-state index is 0.0590. The van der Waals surface area contributed by atoms with Crippen LogP contribution >= 0.6 is 0 Å². The van der Waals surface area contributed by atoms with E-state index >= 15 is 0 Å². The molecule has 1 aliphatic carbocycles. The molecule has 1 atom stereocenters. The van der Waals surface area contributed by atoms with Gasteiger partial charge in [-0.25, -0.2) is 4.39 Å². The van der Waals surface area contributed by atoms with Crippen molar-refractivity contribution in [2.45, 2.75) is 70.8 Å². The summed E-state index contributed by atoms with van der Waals surface area (Å²) in [6.45, 7) is 1.76. The van der Waals surface area contributed by atoms with Crippen molar-refractivity contribution in [3.8, 4) is 5.75 Å². The van der Waals surface area contributed by atoms with Gasteiger partial charge in [-0.3, -0.25) is 4.79 Å². The second-order valence-electron chi connectivity index (χ2n) is 6.57. The van der Waals surface area contributed by atoms with Gasteiger partial charge in [-0.05, 0) is 74.6 Å². The molecular formula is C20H30FNO2. The average molecular weight is 335 g/mol. The summed E-state index contributed by atoms with van der Waals surface area (Å²) in [5.74, 6) is 0.916. The summed E-state index contributed by atoms with van der Waals surface area (Å²) in [7, 11) is 0. The highest BCUT2D eigenvalue weighted by Crippen LogP contribution is 2.26. The Kier molecular flexibility index (Phi) is 8.06. The molecule has 4 heteroatoms. The monoisotopic (exact) mass is 335 g/mol. The molecule has 0 aliphatic heterocycles. The van der Waals surface area contributed by atoms with Crippen molar-refractivity contribution < 1.29 is 13.9 Å². The largest absolute Gasteiger partial charge is 0.490 e. The molecule has 0 fully saturated rings. The van der Waals surface area contributed by atoms with Gasteiger partial charge in [0.25, 0.3) is 0 Å². The Bertz CT molecular complexity index is 518. The minimum atomic E-state index is -0.502. The Labute approximate surface area is 145 Å². The number of hydrogen-bond acceptors (Lipinski definition) is 2. The van der Waals surface area contributed by atoms with Gasteiger partial charge in [-0.15, -0.1) is 0 Å². The summed E-state index contributed by atoms with van der Waals surface area (Å²) in [6, 6.07) is 6.52. The first-order valence-corrected chi connectivity index (χ1v) is 9.34. The number of unbranched alkanes of at least 4 members (excludes halogenated alkanes) is 1. The zero-order chi connectivity index (χ0) is 17.2. The molecule has 1 aromatic rings. The van der Waals surface area contributed by atoms with Crippen LogP contribution in [0.2, 0.25) is 0 Å². The van der Waals surface area contributed by atoms with Crippen LogP contribution in [0.1, 0.15) is 63.0 Å². The smallest absolute Gasteiger partial charge is 0.220 e. The standard InChI is InChI=1S/C20H30FNO2/c1-2-18(9-5-6-10-20(23)22-14-13-21)24-19-12-11-16-7-3-4-8-17(16)15-19/h11-12,15,18H,2-10,13-14H2,1H3,(H,22,23). The van der Waals surface area contributed by atoms with Gasteiger partial charge in [0.2, 0.25) is 5.91 Å². The predicted octanol–water partition coefficient (Wildman–Crippen LogP) is 4.37. The first kappa shape index (κ1) is 18.8. The highest BCUT2D eigenvalue weighted by Gasteiger charge is 2.13. The van der Waals surface area contributed by atoms with Crippen molar-refractivity contribution >= 4 is 5.91 Å². The number of fused-ring (bicyclic) bond motifs is 1. The molecule has 0 bridgehead atoms. The van der Waals surface area contributed by atoms with Gasteiger partial charge in [-0.1, -0.05) is 13.0 Å². The van der Waals surface area contributed by atoms with E-state index in [2.05, 4.69) is 30.4 Å². The fourth-order valence-electron chi connectivity index (χ4n) is 3.25. The molecule has 24 heavy (non-hydrogen) atoms. The van der Waals surface area contributed by atoms with Crippen LogP contribution in [0.25, 0.3) is 0 Å². The summed E-state index contributed by atoms with van der Waals surface area (Å²) in [5, 5.41) is 2.56. The molecule has 0 spiro atoms. The molecule has 1 amide bonds. The molecule has 1 N–H and O–H groups in total. The third-order valence-corrected chi connectivity index (χ3v) is 4.67. The van der Waals surface area contributed by atoms with E-state index in [1.165, 1.54) is 30.4 Å². The van der Waals surface area contributed by atoms with E-state index in [-0.39, 0.29) is 18.6 Å². The van der Waals surface area contributed by atoms with Crippen LogP contribution in [0.3, 0.4) is 0 Å². The van der Waals surface area contributed by atoms with Crippen molar-refractivity contribution in [3.63, 3.8) is 0 Å². The van der Waals surface area contributed by atoms with E-state index in [9.17, 15) is 9.18 Å². The lowest BCUT2D eigenvalue weighted by molar-refractivity contribution is -0.121. The lowest BCUT2D eigenvalue weighted by Gasteiger charge is -2.21. The van der Waals surface area contributed by atoms with E-state index in [1.807, 2.05) is 0 Å². The van der Waals surface area contributed by atoms with Gasteiger partial charge in [0.1, 0.15) is 12.4 Å². The van der Waals surface area contributed by atoms with Crippen molar-refractivity contribution in [1.82, 2.24) is 5.32 Å². The van der Waals surface area contributed by atoms with Gasteiger partial charge in [0, 0.05) is 13.0 Å². The Morgan fingerprint density at radius 2 is 2.04 bits per heavy atom. The van der Waals surface area contributed by atoms with E-state index < -0.39 is 6.67 Å². The van der Waals surface area contributed by atoms with Crippen LogP contribution in [0.5, 0.6) is 5.75 Å². The van der Waals surface area contributed by atoms with Gasteiger partial charge in [-0.2, -0.15) is 0 Å². The molecular weight excluding hydrogens is 305 g/mol. The van der Waals surface area contributed by atoms with Gasteiger partial charge in [0.05, 0.1) is 6.10 Å². The fourth-order valence-corrected chi connectivity index (χ4v) is 3.25. The highest BCUT2D eigenvalue weighted by molar-refractivity contribution is 5.75. The van der Waals surface area contributed by atoms with Crippen molar-refractivity contribution in [2.24, 2.45) is 0 Å². The number of carbonyl (C=O) groups is 1. The van der Waals surface area contributed by atoms with Gasteiger partial charge >= 0.3 is 0 Å². The number of benzene rings is 1. The third kappa shape index (κ3) is 6.14. The number of halogens is 1. The van der Waals surface area contributed by atoms with Crippen molar-refractivity contribution in [3.05, 3.63) is 29.3 Å². The molecule has 1 unspecified atom stereocenters. The lowest BCUT2D eigenvalue weighted by Crippen LogP contribution is -2.25. The molecule has 134 valence electrons. The maximum Gasteiger partial charge on any atom is 0.220 e. The number of carbonyl (C=O) groups excluding carboxylic acids is 1. The molecule has 0 heterocycles. The number of hydrogen-bond donors (Lipinski definition) is 1. The summed E-state index contributed by atoms with van der Waals surface area (Å²) in [5.41, 5.74) is 2.92. The van der Waals surface area contributed by atoms with Crippen LogP contribution < -0.4 is 10.1 Å². The normalized spacial score (nSPS) is 14.8. The summed E-state index contributed by atoms with van der Waals surface area (Å²) in [4.78, 5) is 11.4. The number of rotatable bonds is 10. The number of aryl methyl sites for hydroxylation is 2. The highest BCUT2D eigenvalue weighted by atomic mass is 19.1. The molecule has 1 aromatic carbocycles. The molecule has 1 aliphatic rings. The van der Waals surface area contributed by atoms with E-state index in [0.717, 1.165) is 37.9 Å². The topological polar surface area (TPSA) is 38.3 Å². The quantitative estimate of drug-likeness (QED) is 0.645. The molecule has 0 saturated heterocycles. The number of alkyl halides is 1. The SMILES string of the molecule is CCC(CCCCC(=O)NCCF)Oc1ccc2c(c1)CCCC2. The summed E-state index contributed by atoms with van der Waals surface area (Å²) in [6.07, 6.45) is 9.27. The number of amides is 1. The second kappa shape index (κ2) is 10.3. The number of ether oxygens (including phenoxy) is 1. The Morgan fingerprint density at radius 1 is 1.25 bits per heavy atom. The van der Waals surface area contributed by atoms with E-state index in [1.54, 1.807) is 0 Å². The minimum Gasteiger partial charge on any atom is -0.490 e. The van der Waals surface area contributed by atoms with Gasteiger partial charge < -0.3 is 10.1 Å². The Morgan fingerprint density at radius 3 is 2.79 bits per heavy atom. The maximum absolute atomic E-state index is 12.0. The molecule has 2 rings (SSSR count). The van der Waals surface area contributed by atoms with E-state index in [0.29, 0.717) is 6.42 Å². The average Bonchev–Trinajstić information content (AvgIpc) is 2.62. The van der Waals surface area contributed by atoms with Crippen LogP contribution in [0.4, 0.5) is 4.39 Å². The number of nitrogens with one attached hydrogen (secondary N) is 1. The molecule has 0 radical (unpaired) electrons. The molecule has 3 nitrogen and oxygen atoms in total. The molecule has 0 saturated carbocycles. The Hall–Kier alpha value is -1.58. The first-order valence-electron chi connectivity index (χ1n) is 9.34. The maximum atomic E-state index is 12.0. The summed E-state index contributed by atoms with van der Waals surface area (Å²) < 4.78 is 18.1. The van der Waals surface area contributed by atoms with Crippen molar-refractivity contribution in [2.75, 3.05) is 13.2 Å². The second-order valence-corrected chi connectivity index (χ2v) is 6.57. The van der Waals surface area contributed by atoms with Crippen molar-refractivity contribution in [1.29, 1.82) is 0 Å². The fraction of sp³-hybridized carbons (Fsp3) is 0.650. The van der Waals surface area contributed by atoms with Gasteiger partial charge in [0.15, 0.2) is 0 Å². The zero-order valence-corrected chi connectivity index (χ0v) is 14.8.